The van der Waals surface area contributed by atoms with Crippen molar-refractivity contribution in [3.05, 3.63) is 58.4 Å². The van der Waals surface area contributed by atoms with E-state index in [1.807, 2.05) is 39.0 Å². The number of hydrogen-bond acceptors (Lipinski definition) is 3. The summed E-state index contributed by atoms with van der Waals surface area (Å²) < 4.78 is 0. The molecule has 1 aromatic heterocycles. The number of pyridine rings is 1. The molecule has 0 unspecified atom stereocenters. The van der Waals surface area contributed by atoms with E-state index in [1.54, 1.807) is 0 Å². The lowest BCUT2D eigenvalue weighted by atomic mass is 10.0. The maximum atomic E-state index is 12.2. The maximum Gasteiger partial charge on any atom is 0.257 e. The van der Waals surface area contributed by atoms with Crippen LogP contribution >= 0.6 is 0 Å². The smallest absolute Gasteiger partial charge is 0.257 e. The van der Waals surface area contributed by atoms with E-state index in [0.29, 0.717) is 11.1 Å². The Morgan fingerprint density at radius 1 is 1.10 bits per heavy atom. The lowest BCUT2D eigenvalue weighted by Gasteiger charge is -2.11. The molecule has 0 fully saturated rings. The van der Waals surface area contributed by atoms with Crippen molar-refractivity contribution in [1.29, 1.82) is 5.26 Å². The van der Waals surface area contributed by atoms with E-state index in [9.17, 15) is 4.79 Å². The molecule has 2 aromatic rings. The number of amides is 1. The van der Waals surface area contributed by atoms with Crippen molar-refractivity contribution in [3.63, 3.8) is 0 Å². The first-order valence-corrected chi connectivity index (χ1v) is 6.25. The highest BCUT2D eigenvalue weighted by Crippen LogP contribution is 2.20. The van der Waals surface area contributed by atoms with Crippen LogP contribution in [0.2, 0.25) is 0 Å². The van der Waals surface area contributed by atoms with Gasteiger partial charge in [0.1, 0.15) is 6.07 Å². The molecular weight excluding hydrogens is 250 g/mol. The third-order valence-electron chi connectivity index (χ3n) is 3.22. The highest BCUT2D eigenvalue weighted by molar-refractivity contribution is 6.04. The summed E-state index contributed by atoms with van der Waals surface area (Å²) in [6.07, 6.45) is 2.88. The van der Waals surface area contributed by atoms with Crippen molar-refractivity contribution in [2.24, 2.45) is 0 Å². The zero-order valence-electron chi connectivity index (χ0n) is 11.7. The molecule has 0 bridgehead atoms. The predicted octanol–water partition coefficient (Wildman–Crippen LogP) is 3.13. The third kappa shape index (κ3) is 2.83. The topological polar surface area (TPSA) is 65.8 Å². The number of rotatable bonds is 2. The molecule has 0 spiro atoms. The van der Waals surface area contributed by atoms with Crippen LogP contribution in [-0.4, -0.2) is 10.9 Å². The van der Waals surface area contributed by atoms with Crippen molar-refractivity contribution in [3.8, 4) is 6.07 Å². The monoisotopic (exact) mass is 265 g/mol. The Balaban J connectivity index is 2.28. The number of nitrogens with zero attached hydrogens (tertiary/aromatic N) is 2. The van der Waals surface area contributed by atoms with Crippen LogP contribution < -0.4 is 5.32 Å². The minimum Gasteiger partial charge on any atom is -0.322 e. The Morgan fingerprint density at radius 2 is 1.80 bits per heavy atom. The van der Waals surface area contributed by atoms with Crippen LogP contribution in [0.5, 0.6) is 0 Å². The first-order valence-electron chi connectivity index (χ1n) is 6.25. The van der Waals surface area contributed by atoms with Crippen molar-refractivity contribution < 1.29 is 4.79 Å². The Morgan fingerprint density at radius 3 is 2.50 bits per heavy atom. The number of hydrogen-bond donors (Lipinski definition) is 1. The summed E-state index contributed by atoms with van der Waals surface area (Å²) >= 11 is 0. The molecule has 1 aromatic carbocycles. The average Bonchev–Trinajstić information content (AvgIpc) is 2.44. The molecule has 0 saturated heterocycles. The standard InChI is InChI=1S/C16H15N3O/c1-10-4-12(3)15(5-11(10)2)19-16(20)14-6-13(7-17)8-18-9-14/h4-6,8-9H,1-3H3,(H,19,20). The van der Waals surface area contributed by atoms with E-state index in [-0.39, 0.29) is 5.91 Å². The Kier molecular flexibility index (Phi) is 3.81. The normalized spacial score (nSPS) is 9.90. The number of aryl methyl sites for hydroxylation is 3. The molecule has 0 aliphatic rings. The summed E-state index contributed by atoms with van der Waals surface area (Å²) in [5.74, 6) is -0.263. The highest BCUT2D eigenvalue weighted by atomic mass is 16.1. The lowest BCUT2D eigenvalue weighted by Crippen LogP contribution is -2.13. The van der Waals surface area contributed by atoms with Crippen molar-refractivity contribution in [1.82, 2.24) is 4.98 Å². The van der Waals surface area contributed by atoms with Gasteiger partial charge in [-0.2, -0.15) is 5.26 Å². The summed E-state index contributed by atoms with van der Waals surface area (Å²) in [7, 11) is 0. The van der Waals surface area contributed by atoms with Crippen LogP contribution in [0.1, 0.15) is 32.6 Å². The van der Waals surface area contributed by atoms with E-state index in [0.717, 1.165) is 16.8 Å². The fourth-order valence-corrected chi connectivity index (χ4v) is 1.91. The van der Waals surface area contributed by atoms with Gasteiger partial charge in [-0.3, -0.25) is 9.78 Å². The molecule has 1 heterocycles. The quantitative estimate of drug-likeness (QED) is 0.907. The number of aromatic nitrogens is 1. The van der Waals surface area contributed by atoms with E-state index >= 15 is 0 Å². The van der Waals surface area contributed by atoms with E-state index < -0.39 is 0 Å². The van der Waals surface area contributed by atoms with Crippen LogP contribution in [0.4, 0.5) is 5.69 Å². The average molecular weight is 265 g/mol. The van der Waals surface area contributed by atoms with Gasteiger partial charge < -0.3 is 5.32 Å². The second-order valence-corrected chi connectivity index (χ2v) is 4.78. The number of nitriles is 1. The van der Waals surface area contributed by atoms with Crippen molar-refractivity contribution in [2.75, 3.05) is 5.32 Å². The van der Waals surface area contributed by atoms with Crippen LogP contribution in [-0.2, 0) is 0 Å². The molecule has 100 valence electrons. The van der Waals surface area contributed by atoms with E-state index in [4.69, 9.17) is 5.26 Å². The lowest BCUT2D eigenvalue weighted by molar-refractivity contribution is 0.102. The number of carbonyl (C=O) groups is 1. The zero-order chi connectivity index (χ0) is 14.7. The molecule has 0 aliphatic carbocycles. The van der Waals surface area contributed by atoms with Gasteiger partial charge in [0.15, 0.2) is 0 Å². The summed E-state index contributed by atoms with van der Waals surface area (Å²) in [5, 5.41) is 11.7. The van der Waals surface area contributed by atoms with E-state index in [2.05, 4.69) is 10.3 Å². The number of anilines is 1. The third-order valence-corrected chi connectivity index (χ3v) is 3.22. The largest absolute Gasteiger partial charge is 0.322 e. The molecular formula is C16H15N3O. The molecule has 0 radical (unpaired) electrons. The van der Waals surface area contributed by atoms with Gasteiger partial charge in [0, 0.05) is 18.1 Å². The van der Waals surface area contributed by atoms with Crippen LogP contribution in [0.25, 0.3) is 0 Å². The minimum absolute atomic E-state index is 0.263. The Bertz CT molecular complexity index is 714. The van der Waals surface area contributed by atoms with Gasteiger partial charge in [-0.15, -0.1) is 0 Å². The second-order valence-electron chi connectivity index (χ2n) is 4.78. The molecule has 2 rings (SSSR count). The SMILES string of the molecule is Cc1cc(C)c(NC(=O)c2cncc(C#N)c2)cc1C. The van der Waals surface area contributed by atoms with Gasteiger partial charge in [0.25, 0.3) is 5.91 Å². The molecule has 4 heteroatoms. The van der Waals surface area contributed by atoms with Crippen LogP contribution in [0, 0.1) is 32.1 Å². The van der Waals surface area contributed by atoms with Crippen molar-refractivity contribution >= 4 is 11.6 Å². The molecule has 0 aliphatic heterocycles. The molecule has 0 saturated carbocycles. The summed E-state index contributed by atoms with van der Waals surface area (Å²) in [6, 6.07) is 7.48. The van der Waals surface area contributed by atoms with Gasteiger partial charge in [-0.05, 0) is 49.6 Å². The maximum absolute atomic E-state index is 12.2. The van der Waals surface area contributed by atoms with Crippen LogP contribution in [0.3, 0.4) is 0 Å². The molecule has 4 nitrogen and oxygen atoms in total. The molecule has 20 heavy (non-hydrogen) atoms. The number of nitrogens with one attached hydrogen (secondary N) is 1. The van der Waals surface area contributed by atoms with Crippen LogP contribution in [0.15, 0.2) is 30.6 Å². The molecule has 1 N–H and O–H groups in total. The summed E-state index contributed by atoms with van der Waals surface area (Å²) in [4.78, 5) is 16.1. The Hall–Kier alpha value is -2.67. The predicted molar refractivity (Wildman–Crippen MR) is 77.6 cm³/mol. The number of benzene rings is 1. The van der Waals surface area contributed by atoms with Gasteiger partial charge in [0.2, 0.25) is 0 Å². The Labute approximate surface area is 118 Å². The minimum atomic E-state index is -0.263. The van der Waals surface area contributed by atoms with Crippen molar-refractivity contribution in [2.45, 2.75) is 20.8 Å². The first-order chi connectivity index (χ1) is 9.51. The summed E-state index contributed by atoms with van der Waals surface area (Å²) in [5.41, 5.74) is 4.84. The van der Waals surface area contributed by atoms with Gasteiger partial charge in [0.05, 0.1) is 11.1 Å². The molecule has 1 amide bonds. The number of carbonyl (C=O) groups excluding carboxylic acids is 1. The fraction of sp³-hybridized carbons (Fsp3) is 0.188. The zero-order valence-corrected chi connectivity index (χ0v) is 11.7. The van der Waals surface area contributed by atoms with Gasteiger partial charge in [-0.1, -0.05) is 6.07 Å². The summed E-state index contributed by atoms with van der Waals surface area (Å²) in [6.45, 7) is 5.99. The van der Waals surface area contributed by atoms with Gasteiger partial charge >= 0.3 is 0 Å². The van der Waals surface area contributed by atoms with E-state index in [1.165, 1.54) is 24.0 Å². The van der Waals surface area contributed by atoms with Gasteiger partial charge in [-0.25, -0.2) is 0 Å². The second kappa shape index (κ2) is 5.54. The first kappa shape index (κ1) is 13.8. The highest BCUT2D eigenvalue weighted by Gasteiger charge is 2.10. The fourth-order valence-electron chi connectivity index (χ4n) is 1.91. The molecule has 0 atom stereocenters.